The highest BCUT2D eigenvalue weighted by molar-refractivity contribution is 9.10. The number of Topliss-reactive ketones (excluding diaryl/α,β-unsaturated/α-hetero) is 1. The summed E-state index contributed by atoms with van der Waals surface area (Å²) < 4.78 is 6.83. The van der Waals surface area contributed by atoms with Crippen molar-refractivity contribution in [2.24, 2.45) is 0 Å². The number of halogens is 1. The van der Waals surface area contributed by atoms with E-state index in [4.69, 9.17) is 4.74 Å². The number of fused-ring (bicyclic) bond motifs is 1. The first-order chi connectivity index (χ1) is 8.63. The molecule has 1 aromatic carbocycles. The normalized spacial score (nSPS) is 18.3. The molecule has 0 radical (unpaired) electrons. The van der Waals surface area contributed by atoms with Gasteiger partial charge in [-0.3, -0.25) is 4.79 Å². The van der Waals surface area contributed by atoms with E-state index in [1.165, 1.54) is 4.88 Å². The number of rotatable bonds is 1. The number of aryl methyl sites for hydroxylation is 1. The largest absolute Gasteiger partial charge is 0.484 e. The Morgan fingerprint density at radius 2 is 2.17 bits per heavy atom. The average Bonchev–Trinajstić information content (AvgIpc) is 2.77. The molecule has 0 amide bonds. The summed E-state index contributed by atoms with van der Waals surface area (Å²) in [7, 11) is 0. The molecule has 0 spiro atoms. The number of benzene rings is 1. The molecule has 0 saturated carbocycles. The lowest BCUT2D eigenvalue weighted by Crippen LogP contribution is -2.19. The highest BCUT2D eigenvalue weighted by Gasteiger charge is 2.28. The van der Waals surface area contributed by atoms with Crippen molar-refractivity contribution < 1.29 is 9.53 Å². The Morgan fingerprint density at radius 1 is 1.33 bits per heavy atom. The standard InChI is InChI=1S/C14H11BrO2S/c1-8-2-5-14(18-8)13-7-11(16)10-6-9(15)3-4-12(10)17-13/h2-6,13H,7H2,1H3. The predicted octanol–water partition coefficient (Wildman–Crippen LogP) is 4.53. The Labute approximate surface area is 118 Å². The van der Waals surface area contributed by atoms with Crippen LogP contribution in [0.3, 0.4) is 0 Å². The molecule has 0 fully saturated rings. The number of ketones is 1. The third-order valence-electron chi connectivity index (χ3n) is 2.96. The summed E-state index contributed by atoms with van der Waals surface area (Å²) in [6.45, 7) is 2.06. The average molecular weight is 323 g/mol. The quantitative estimate of drug-likeness (QED) is 0.771. The van der Waals surface area contributed by atoms with Crippen molar-refractivity contribution >= 4 is 33.0 Å². The Morgan fingerprint density at radius 3 is 2.89 bits per heavy atom. The van der Waals surface area contributed by atoms with Gasteiger partial charge in [-0.2, -0.15) is 0 Å². The van der Waals surface area contributed by atoms with Crippen LogP contribution >= 0.6 is 27.3 Å². The van der Waals surface area contributed by atoms with E-state index in [1.54, 1.807) is 11.3 Å². The summed E-state index contributed by atoms with van der Waals surface area (Å²) in [6.07, 6.45) is 0.286. The fraction of sp³-hybridized carbons (Fsp3) is 0.214. The number of hydrogen-bond donors (Lipinski definition) is 0. The van der Waals surface area contributed by atoms with Crippen molar-refractivity contribution in [3.8, 4) is 5.75 Å². The van der Waals surface area contributed by atoms with Crippen molar-refractivity contribution in [3.63, 3.8) is 0 Å². The fourth-order valence-corrected chi connectivity index (χ4v) is 3.35. The lowest BCUT2D eigenvalue weighted by molar-refractivity contribution is 0.0854. The van der Waals surface area contributed by atoms with Gasteiger partial charge in [0.25, 0.3) is 0 Å². The predicted molar refractivity (Wildman–Crippen MR) is 75.5 cm³/mol. The van der Waals surface area contributed by atoms with Crippen molar-refractivity contribution in [1.82, 2.24) is 0 Å². The second-order valence-electron chi connectivity index (χ2n) is 4.32. The van der Waals surface area contributed by atoms with Gasteiger partial charge in [0, 0.05) is 14.2 Å². The van der Waals surface area contributed by atoms with E-state index in [9.17, 15) is 4.79 Å². The molecule has 2 aromatic rings. The number of carbonyl (C=O) groups excluding carboxylic acids is 1. The molecule has 0 N–H and O–H groups in total. The molecule has 1 atom stereocenters. The van der Waals surface area contributed by atoms with Gasteiger partial charge in [-0.05, 0) is 37.3 Å². The highest BCUT2D eigenvalue weighted by Crippen LogP contribution is 2.38. The van der Waals surface area contributed by atoms with Crippen molar-refractivity contribution in [2.45, 2.75) is 19.4 Å². The molecule has 1 unspecified atom stereocenters. The van der Waals surface area contributed by atoms with Crippen LogP contribution in [0.15, 0.2) is 34.8 Å². The Kier molecular flexibility index (Phi) is 2.99. The SMILES string of the molecule is Cc1ccc(C2CC(=O)c3cc(Br)ccc3O2)s1. The molecule has 0 bridgehead atoms. The Balaban J connectivity index is 1.96. The third kappa shape index (κ3) is 2.10. The van der Waals surface area contributed by atoms with Crippen LogP contribution < -0.4 is 4.74 Å². The van der Waals surface area contributed by atoms with Gasteiger partial charge in [-0.1, -0.05) is 15.9 Å². The number of carbonyl (C=O) groups is 1. The van der Waals surface area contributed by atoms with Gasteiger partial charge in [0.2, 0.25) is 0 Å². The number of ether oxygens (including phenoxy) is 1. The Bertz CT molecular complexity index is 618. The van der Waals surface area contributed by atoms with E-state index in [2.05, 4.69) is 28.9 Å². The molecule has 2 nitrogen and oxygen atoms in total. The van der Waals surface area contributed by atoms with Crippen LogP contribution in [0.2, 0.25) is 0 Å². The Hall–Kier alpha value is -1.13. The lowest BCUT2D eigenvalue weighted by atomic mass is 10.00. The molecule has 2 heterocycles. The first-order valence-corrected chi connectivity index (χ1v) is 7.30. The molecule has 4 heteroatoms. The van der Waals surface area contributed by atoms with Crippen LogP contribution in [-0.2, 0) is 0 Å². The van der Waals surface area contributed by atoms with Gasteiger partial charge < -0.3 is 4.74 Å². The second-order valence-corrected chi connectivity index (χ2v) is 6.56. The summed E-state index contributed by atoms with van der Waals surface area (Å²) in [5.74, 6) is 0.833. The van der Waals surface area contributed by atoms with Crippen molar-refractivity contribution in [3.05, 3.63) is 50.1 Å². The summed E-state index contributed by atoms with van der Waals surface area (Å²) in [5, 5.41) is 0. The zero-order valence-corrected chi connectivity index (χ0v) is 12.2. The molecular weight excluding hydrogens is 312 g/mol. The molecule has 1 aliphatic heterocycles. The van der Waals surface area contributed by atoms with Gasteiger partial charge in [0.15, 0.2) is 5.78 Å². The number of thiophene rings is 1. The maximum atomic E-state index is 12.1. The van der Waals surface area contributed by atoms with Crippen LogP contribution in [0, 0.1) is 6.92 Å². The zero-order chi connectivity index (χ0) is 12.7. The molecule has 92 valence electrons. The molecular formula is C14H11BrO2S. The smallest absolute Gasteiger partial charge is 0.170 e. The minimum absolute atomic E-state index is 0.134. The zero-order valence-electron chi connectivity index (χ0n) is 9.77. The van der Waals surface area contributed by atoms with E-state index < -0.39 is 0 Å². The number of hydrogen-bond acceptors (Lipinski definition) is 3. The van der Waals surface area contributed by atoms with Crippen LogP contribution in [-0.4, -0.2) is 5.78 Å². The molecule has 1 aromatic heterocycles. The summed E-state index contributed by atoms with van der Waals surface area (Å²) >= 11 is 5.06. The van der Waals surface area contributed by atoms with E-state index in [0.717, 1.165) is 9.35 Å². The maximum absolute atomic E-state index is 12.1. The first kappa shape index (κ1) is 11.9. The molecule has 18 heavy (non-hydrogen) atoms. The van der Waals surface area contributed by atoms with Crippen LogP contribution in [0.25, 0.3) is 0 Å². The fourth-order valence-electron chi connectivity index (χ4n) is 2.08. The first-order valence-electron chi connectivity index (χ1n) is 5.69. The minimum Gasteiger partial charge on any atom is -0.484 e. The lowest BCUT2D eigenvalue weighted by Gasteiger charge is -2.24. The van der Waals surface area contributed by atoms with Gasteiger partial charge in [0.05, 0.1) is 12.0 Å². The van der Waals surface area contributed by atoms with E-state index in [1.807, 2.05) is 24.3 Å². The van der Waals surface area contributed by atoms with Crippen LogP contribution in [0.4, 0.5) is 0 Å². The molecule has 3 rings (SSSR count). The third-order valence-corrected chi connectivity index (χ3v) is 4.55. The van der Waals surface area contributed by atoms with Gasteiger partial charge in [-0.25, -0.2) is 0 Å². The van der Waals surface area contributed by atoms with Crippen LogP contribution in [0.5, 0.6) is 5.75 Å². The van der Waals surface area contributed by atoms with Crippen molar-refractivity contribution in [2.75, 3.05) is 0 Å². The summed E-state index contributed by atoms with van der Waals surface area (Å²) in [5.41, 5.74) is 0.675. The summed E-state index contributed by atoms with van der Waals surface area (Å²) in [6, 6.07) is 9.68. The van der Waals surface area contributed by atoms with Crippen molar-refractivity contribution in [1.29, 1.82) is 0 Å². The van der Waals surface area contributed by atoms with Gasteiger partial charge in [0.1, 0.15) is 11.9 Å². The van der Waals surface area contributed by atoms with E-state index in [-0.39, 0.29) is 11.9 Å². The molecule has 1 aliphatic rings. The second kappa shape index (κ2) is 4.52. The van der Waals surface area contributed by atoms with E-state index >= 15 is 0 Å². The van der Waals surface area contributed by atoms with E-state index in [0.29, 0.717) is 17.7 Å². The molecule has 0 aliphatic carbocycles. The summed E-state index contributed by atoms with van der Waals surface area (Å²) in [4.78, 5) is 14.5. The minimum atomic E-state index is -0.134. The van der Waals surface area contributed by atoms with Crippen LogP contribution in [0.1, 0.15) is 32.6 Å². The van der Waals surface area contributed by atoms with Gasteiger partial charge >= 0.3 is 0 Å². The molecule has 0 saturated heterocycles. The van der Waals surface area contributed by atoms with Gasteiger partial charge in [-0.15, -0.1) is 11.3 Å². The highest BCUT2D eigenvalue weighted by atomic mass is 79.9. The maximum Gasteiger partial charge on any atom is 0.170 e. The monoisotopic (exact) mass is 322 g/mol. The topological polar surface area (TPSA) is 26.3 Å².